The summed E-state index contributed by atoms with van der Waals surface area (Å²) in [6, 6.07) is 11.6. The van der Waals surface area contributed by atoms with Crippen LogP contribution in [0.25, 0.3) is 12.2 Å². The number of aromatic hydroxyl groups is 2. The van der Waals surface area contributed by atoms with Gasteiger partial charge in [0, 0.05) is 18.9 Å². The highest BCUT2D eigenvalue weighted by molar-refractivity contribution is 5.71. The topological polar surface area (TPSA) is 99.4 Å². The van der Waals surface area contributed by atoms with Crippen LogP contribution < -0.4 is 4.74 Å². The SMILES string of the molecule is OCC1CC(O)CC(Oc2cc(O)cc(/C=C/c3ccc(O)cc3)c2)O1. The van der Waals surface area contributed by atoms with E-state index < -0.39 is 18.5 Å². The molecular weight excluding hydrogens is 336 g/mol. The van der Waals surface area contributed by atoms with Crippen LogP contribution in [0.2, 0.25) is 0 Å². The predicted molar refractivity (Wildman–Crippen MR) is 96.8 cm³/mol. The lowest BCUT2D eigenvalue weighted by molar-refractivity contribution is -0.184. The third-order valence-corrected chi connectivity index (χ3v) is 4.09. The lowest BCUT2D eigenvalue weighted by atomic mass is 10.1. The van der Waals surface area contributed by atoms with Crippen molar-refractivity contribution in [2.75, 3.05) is 6.61 Å². The van der Waals surface area contributed by atoms with Crippen LogP contribution in [0.5, 0.6) is 17.2 Å². The van der Waals surface area contributed by atoms with Gasteiger partial charge in [-0.25, -0.2) is 0 Å². The number of rotatable bonds is 5. The summed E-state index contributed by atoms with van der Waals surface area (Å²) in [4.78, 5) is 0. The fourth-order valence-corrected chi connectivity index (χ4v) is 2.84. The fraction of sp³-hybridized carbons (Fsp3) is 0.300. The van der Waals surface area contributed by atoms with Gasteiger partial charge in [-0.3, -0.25) is 0 Å². The molecule has 1 heterocycles. The van der Waals surface area contributed by atoms with Crippen LogP contribution in [0.4, 0.5) is 0 Å². The summed E-state index contributed by atoms with van der Waals surface area (Å²) >= 11 is 0. The number of hydrogen-bond acceptors (Lipinski definition) is 6. The quantitative estimate of drug-likeness (QED) is 0.613. The Bertz CT molecular complexity index is 755. The fourth-order valence-electron chi connectivity index (χ4n) is 2.84. The van der Waals surface area contributed by atoms with E-state index in [-0.39, 0.29) is 18.1 Å². The van der Waals surface area contributed by atoms with Crippen LogP contribution in [0.3, 0.4) is 0 Å². The van der Waals surface area contributed by atoms with E-state index in [1.54, 1.807) is 36.4 Å². The first kappa shape index (κ1) is 18.3. The molecule has 2 aromatic carbocycles. The number of aliphatic hydroxyl groups is 2. The highest BCUT2D eigenvalue weighted by Crippen LogP contribution is 2.27. The Morgan fingerprint density at radius 3 is 2.42 bits per heavy atom. The highest BCUT2D eigenvalue weighted by atomic mass is 16.7. The second-order valence-electron chi connectivity index (χ2n) is 6.30. The van der Waals surface area contributed by atoms with E-state index in [0.29, 0.717) is 18.6 Å². The van der Waals surface area contributed by atoms with Gasteiger partial charge < -0.3 is 29.9 Å². The summed E-state index contributed by atoms with van der Waals surface area (Å²) in [5.41, 5.74) is 1.63. The van der Waals surface area contributed by atoms with Gasteiger partial charge >= 0.3 is 0 Å². The van der Waals surface area contributed by atoms with Crippen molar-refractivity contribution in [3.05, 3.63) is 53.6 Å². The number of ether oxygens (including phenoxy) is 2. The molecule has 138 valence electrons. The van der Waals surface area contributed by atoms with Gasteiger partial charge in [-0.2, -0.15) is 0 Å². The molecule has 1 fully saturated rings. The predicted octanol–water partition coefficient (Wildman–Crippen LogP) is 2.51. The van der Waals surface area contributed by atoms with Gasteiger partial charge in [-0.15, -0.1) is 0 Å². The van der Waals surface area contributed by atoms with Crippen LogP contribution in [0.1, 0.15) is 24.0 Å². The highest BCUT2D eigenvalue weighted by Gasteiger charge is 2.29. The minimum absolute atomic E-state index is 0.0444. The molecule has 6 heteroatoms. The minimum Gasteiger partial charge on any atom is -0.508 e. The van der Waals surface area contributed by atoms with Crippen molar-refractivity contribution in [2.45, 2.75) is 31.3 Å². The van der Waals surface area contributed by atoms with Crippen LogP contribution in [0, 0.1) is 0 Å². The van der Waals surface area contributed by atoms with Crippen LogP contribution in [0.15, 0.2) is 42.5 Å². The molecular formula is C20H22O6. The molecule has 1 saturated heterocycles. The molecule has 3 atom stereocenters. The maximum atomic E-state index is 9.93. The summed E-state index contributed by atoms with van der Waals surface area (Å²) in [5.74, 6) is 0.653. The molecule has 6 nitrogen and oxygen atoms in total. The molecule has 0 bridgehead atoms. The van der Waals surface area contributed by atoms with Crippen LogP contribution in [-0.4, -0.2) is 45.5 Å². The van der Waals surface area contributed by atoms with E-state index in [1.807, 2.05) is 12.2 Å². The van der Waals surface area contributed by atoms with Crippen molar-refractivity contribution in [3.63, 3.8) is 0 Å². The van der Waals surface area contributed by atoms with Gasteiger partial charge in [0.25, 0.3) is 0 Å². The van der Waals surface area contributed by atoms with Crippen molar-refractivity contribution in [1.29, 1.82) is 0 Å². The standard InChI is InChI=1S/C20H22O6/c21-12-19-10-17(24)11-20(26-19)25-18-8-14(7-16(23)9-18)2-1-13-3-5-15(22)6-4-13/h1-9,17,19-24H,10-12H2/b2-1+. The smallest absolute Gasteiger partial charge is 0.202 e. The average molecular weight is 358 g/mol. The zero-order valence-corrected chi connectivity index (χ0v) is 14.2. The van der Waals surface area contributed by atoms with E-state index in [0.717, 1.165) is 11.1 Å². The van der Waals surface area contributed by atoms with E-state index in [2.05, 4.69) is 0 Å². The Morgan fingerprint density at radius 2 is 1.69 bits per heavy atom. The van der Waals surface area contributed by atoms with Crippen LogP contribution >= 0.6 is 0 Å². The average Bonchev–Trinajstić information content (AvgIpc) is 2.60. The second-order valence-corrected chi connectivity index (χ2v) is 6.30. The van der Waals surface area contributed by atoms with Gasteiger partial charge in [0.05, 0.1) is 18.8 Å². The number of phenols is 2. The van der Waals surface area contributed by atoms with Gasteiger partial charge in [-0.05, 0) is 35.4 Å². The first-order valence-corrected chi connectivity index (χ1v) is 8.44. The molecule has 3 unspecified atom stereocenters. The van der Waals surface area contributed by atoms with Crippen molar-refractivity contribution in [3.8, 4) is 17.2 Å². The summed E-state index contributed by atoms with van der Waals surface area (Å²) < 4.78 is 11.3. The number of hydrogen-bond donors (Lipinski definition) is 4. The zero-order chi connectivity index (χ0) is 18.5. The Hall–Kier alpha value is -2.54. The molecule has 26 heavy (non-hydrogen) atoms. The number of phenolic OH excluding ortho intramolecular Hbond substituents is 2. The lowest BCUT2D eigenvalue weighted by Crippen LogP contribution is -2.40. The Morgan fingerprint density at radius 1 is 0.962 bits per heavy atom. The second kappa shape index (κ2) is 8.23. The third kappa shape index (κ3) is 4.98. The minimum atomic E-state index is -0.688. The van der Waals surface area contributed by atoms with E-state index in [9.17, 15) is 20.4 Å². The van der Waals surface area contributed by atoms with Crippen molar-refractivity contribution in [1.82, 2.24) is 0 Å². The zero-order valence-electron chi connectivity index (χ0n) is 14.2. The van der Waals surface area contributed by atoms with E-state index >= 15 is 0 Å². The molecule has 0 amide bonds. The van der Waals surface area contributed by atoms with Crippen molar-refractivity contribution >= 4 is 12.2 Å². The molecule has 1 aliphatic heterocycles. The molecule has 0 aliphatic carbocycles. The molecule has 1 aliphatic rings. The van der Waals surface area contributed by atoms with E-state index in [1.165, 1.54) is 6.07 Å². The van der Waals surface area contributed by atoms with Gasteiger partial charge in [0.2, 0.25) is 6.29 Å². The molecule has 0 aromatic heterocycles. The number of benzene rings is 2. The summed E-state index contributed by atoms with van der Waals surface area (Å²) in [5, 5.41) is 38.3. The monoisotopic (exact) mass is 358 g/mol. The summed E-state index contributed by atoms with van der Waals surface area (Å²) in [6.07, 6.45) is 2.58. The first-order valence-electron chi connectivity index (χ1n) is 8.44. The maximum absolute atomic E-state index is 9.93. The molecule has 2 aromatic rings. The lowest BCUT2D eigenvalue weighted by Gasteiger charge is -2.32. The molecule has 0 spiro atoms. The summed E-state index contributed by atoms with van der Waals surface area (Å²) in [6.45, 7) is -0.183. The summed E-state index contributed by atoms with van der Waals surface area (Å²) in [7, 11) is 0. The van der Waals surface area contributed by atoms with Gasteiger partial charge in [0.15, 0.2) is 0 Å². The third-order valence-electron chi connectivity index (χ3n) is 4.09. The van der Waals surface area contributed by atoms with Crippen molar-refractivity contribution < 1.29 is 29.9 Å². The number of aliphatic hydroxyl groups excluding tert-OH is 2. The van der Waals surface area contributed by atoms with Gasteiger partial charge in [0.1, 0.15) is 17.2 Å². The van der Waals surface area contributed by atoms with Crippen LogP contribution in [-0.2, 0) is 4.74 Å². The first-order chi connectivity index (χ1) is 12.5. The largest absolute Gasteiger partial charge is 0.508 e. The maximum Gasteiger partial charge on any atom is 0.202 e. The molecule has 3 rings (SSSR count). The molecule has 0 saturated carbocycles. The molecule has 4 N–H and O–H groups in total. The Labute approximate surface area is 151 Å². The van der Waals surface area contributed by atoms with E-state index in [4.69, 9.17) is 9.47 Å². The normalized spacial score (nSPS) is 23.2. The Balaban J connectivity index is 1.72. The van der Waals surface area contributed by atoms with Gasteiger partial charge in [-0.1, -0.05) is 24.3 Å². The molecule has 0 radical (unpaired) electrons. The Kier molecular flexibility index (Phi) is 5.78. The van der Waals surface area contributed by atoms with Crippen molar-refractivity contribution in [2.24, 2.45) is 0 Å².